The molecule has 2 atom stereocenters. The second kappa shape index (κ2) is 7.58. The van der Waals surface area contributed by atoms with Gasteiger partial charge < -0.3 is 14.5 Å². The Kier molecular flexibility index (Phi) is 5.27. The van der Waals surface area contributed by atoms with E-state index in [1.165, 1.54) is 5.56 Å². The quantitative estimate of drug-likeness (QED) is 0.890. The molecule has 1 N–H and O–H groups in total. The molecule has 0 radical (unpaired) electrons. The first kappa shape index (κ1) is 15.3. The van der Waals surface area contributed by atoms with Gasteiger partial charge >= 0.3 is 0 Å². The molecule has 1 aromatic carbocycles. The Morgan fingerprint density at radius 3 is 2.55 bits per heavy atom. The zero-order valence-corrected chi connectivity index (χ0v) is 13.1. The summed E-state index contributed by atoms with van der Waals surface area (Å²) >= 11 is 0. The molecule has 2 aromatic rings. The van der Waals surface area contributed by atoms with Gasteiger partial charge in [0, 0.05) is 25.7 Å². The predicted octanol–water partition coefficient (Wildman–Crippen LogP) is 3.00. The Labute approximate surface area is 132 Å². The summed E-state index contributed by atoms with van der Waals surface area (Å²) in [5, 5.41) is 3.60. The summed E-state index contributed by atoms with van der Waals surface area (Å²) in [5.74, 6) is 0.980. The van der Waals surface area contributed by atoms with Crippen LogP contribution in [0.1, 0.15) is 30.3 Å². The van der Waals surface area contributed by atoms with Crippen molar-refractivity contribution in [1.82, 2.24) is 10.2 Å². The number of hydrogen-bond acceptors (Lipinski definition) is 4. The van der Waals surface area contributed by atoms with Gasteiger partial charge in [0.2, 0.25) is 0 Å². The molecule has 4 heteroatoms. The van der Waals surface area contributed by atoms with Gasteiger partial charge in [0.25, 0.3) is 0 Å². The molecule has 1 aliphatic rings. The molecule has 0 aliphatic carbocycles. The average molecular weight is 300 g/mol. The number of morpholine rings is 1. The molecule has 0 bridgehead atoms. The summed E-state index contributed by atoms with van der Waals surface area (Å²) < 4.78 is 11.0. The topological polar surface area (TPSA) is 37.6 Å². The minimum absolute atomic E-state index is 0.210. The fourth-order valence-corrected chi connectivity index (χ4v) is 2.95. The number of nitrogens with one attached hydrogen (secondary N) is 1. The lowest BCUT2D eigenvalue weighted by Crippen LogP contribution is -2.43. The third-order valence-electron chi connectivity index (χ3n) is 4.26. The van der Waals surface area contributed by atoms with Gasteiger partial charge in [-0.25, -0.2) is 0 Å². The van der Waals surface area contributed by atoms with Crippen molar-refractivity contribution < 1.29 is 9.15 Å². The highest BCUT2D eigenvalue weighted by Crippen LogP contribution is 2.22. The summed E-state index contributed by atoms with van der Waals surface area (Å²) in [6.07, 6.45) is 1.73. The number of furan rings is 1. The van der Waals surface area contributed by atoms with Gasteiger partial charge in [0.05, 0.1) is 25.5 Å². The van der Waals surface area contributed by atoms with Crippen LogP contribution in [0.3, 0.4) is 0 Å². The van der Waals surface area contributed by atoms with Crippen molar-refractivity contribution >= 4 is 0 Å². The van der Waals surface area contributed by atoms with Crippen LogP contribution < -0.4 is 5.32 Å². The molecule has 1 aliphatic heterocycles. The SMILES string of the molecule is C[C@H](NC[C@H](c1ccccc1)N1CCOCC1)c1ccco1. The maximum absolute atomic E-state index is 5.49. The summed E-state index contributed by atoms with van der Waals surface area (Å²) in [5.41, 5.74) is 1.35. The fourth-order valence-electron chi connectivity index (χ4n) is 2.95. The third-order valence-corrected chi connectivity index (χ3v) is 4.26. The second-order valence-electron chi connectivity index (χ2n) is 5.72. The Hall–Kier alpha value is -1.62. The maximum atomic E-state index is 5.49. The molecule has 4 nitrogen and oxygen atoms in total. The van der Waals surface area contributed by atoms with Crippen molar-refractivity contribution in [3.63, 3.8) is 0 Å². The Morgan fingerprint density at radius 2 is 1.86 bits per heavy atom. The molecule has 0 spiro atoms. The molecule has 1 fully saturated rings. The first-order valence-corrected chi connectivity index (χ1v) is 7.98. The van der Waals surface area contributed by atoms with Gasteiger partial charge in [-0.05, 0) is 24.6 Å². The molecule has 0 unspecified atom stereocenters. The van der Waals surface area contributed by atoms with Gasteiger partial charge in [0.1, 0.15) is 5.76 Å². The summed E-state index contributed by atoms with van der Waals surface area (Å²) in [6, 6.07) is 15.2. The summed E-state index contributed by atoms with van der Waals surface area (Å²) in [6.45, 7) is 6.63. The molecule has 1 saturated heterocycles. The van der Waals surface area contributed by atoms with E-state index < -0.39 is 0 Å². The number of hydrogen-bond donors (Lipinski definition) is 1. The Bertz CT molecular complexity index is 535. The lowest BCUT2D eigenvalue weighted by molar-refractivity contribution is 0.0156. The van der Waals surface area contributed by atoms with E-state index in [0.29, 0.717) is 6.04 Å². The lowest BCUT2D eigenvalue weighted by atomic mass is 10.0. The minimum Gasteiger partial charge on any atom is -0.468 e. The van der Waals surface area contributed by atoms with Crippen molar-refractivity contribution in [3.05, 3.63) is 60.1 Å². The third kappa shape index (κ3) is 3.77. The van der Waals surface area contributed by atoms with Crippen LogP contribution in [0.15, 0.2) is 53.1 Å². The zero-order valence-electron chi connectivity index (χ0n) is 13.1. The molecule has 118 valence electrons. The van der Waals surface area contributed by atoms with Gasteiger partial charge in [0.15, 0.2) is 0 Å². The van der Waals surface area contributed by atoms with E-state index in [2.05, 4.69) is 47.5 Å². The van der Waals surface area contributed by atoms with Crippen molar-refractivity contribution in [3.8, 4) is 0 Å². The standard InChI is InChI=1S/C18H24N2O2/c1-15(18-8-5-11-22-18)19-14-17(16-6-3-2-4-7-16)20-9-12-21-13-10-20/h2-8,11,15,17,19H,9-10,12-14H2,1H3/t15-,17+/m0/s1. The van der Waals surface area contributed by atoms with Crippen LogP contribution in [-0.2, 0) is 4.74 Å². The van der Waals surface area contributed by atoms with Crippen LogP contribution in [0.4, 0.5) is 0 Å². The smallest absolute Gasteiger partial charge is 0.120 e. The lowest BCUT2D eigenvalue weighted by Gasteiger charge is -2.35. The van der Waals surface area contributed by atoms with E-state index in [1.54, 1.807) is 6.26 Å². The predicted molar refractivity (Wildman–Crippen MR) is 86.7 cm³/mol. The molecule has 2 heterocycles. The monoisotopic (exact) mass is 300 g/mol. The molecule has 0 saturated carbocycles. The molecule has 3 rings (SSSR count). The minimum atomic E-state index is 0.210. The maximum Gasteiger partial charge on any atom is 0.120 e. The van der Waals surface area contributed by atoms with E-state index in [1.807, 2.05) is 12.1 Å². The number of nitrogens with zero attached hydrogens (tertiary/aromatic N) is 1. The van der Waals surface area contributed by atoms with Crippen LogP contribution in [0, 0.1) is 0 Å². The van der Waals surface area contributed by atoms with Gasteiger partial charge in [-0.15, -0.1) is 0 Å². The van der Waals surface area contributed by atoms with E-state index in [-0.39, 0.29) is 6.04 Å². The van der Waals surface area contributed by atoms with Crippen LogP contribution >= 0.6 is 0 Å². The summed E-state index contributed by atoms with van der Waals surface area (Å²) in [7, 11) is 0. The second-order valence-corrected chi connectivity index (χ2v) is 5.72. The molecule has 22 heavy (non-hydrogen) atoms. The van der Waals surface area contributed by atoms with Crippen molar-refractivity contribution in [1.29, 1.82) is 0 Å². The van der Waals surface area contributed by atoms with Crippen molar-refractivity contribution in [2.75, 3.05) is 32.8 Å². The highest BCUT2D eigenvalue weighted by Gasteiger charge is 2.23. The van der Waals surface area contributed by atoms with Crippen LogP contribution in [0.5, 0.6) is 0 Å². The highest BCUT2D eigenvalue weighted by atomic mass is 16.5. The Balaban J connectivity index is 1.68. The highest BCUT2D eigenvalue weighted by molar-refractivity contribution is 5.20. The fraction of sp³-hybridized carbons (Fsp3) is 0.444. The molecular weight excluding hydrogens is 276 g/mol. The van der Waals surface area contributed by atoms with Crippen LogP contribution in [0.2, 0.25) is 0 Å². The number of rotatable bonds is 6. The normalized spacial score (nSPS) is 19.0. The average Bonchev–Trinajstić information content (AvgIpc) is 3.11. The zero-order chi connectivity index (χ0) is 15.2. The number of benzene rings is 1. The van der Waals surface area contributed by atoms with Crippen molar-refractivity contribution in [2.45, 2.75) is 19.0 Å². The van der Waals surface area contributed by atoms with Gasteiger partial charge in [-0.1, -0.05) is 30.3 Å². The van der Waals surface area contributed by atoms with Gasteiger partial charge in [-0.2, -0.15) is 0 Å². The van der Waals surface area contributed by atoms with E-state index >= 15 is 0 Å². The first-order chi connectivity index (χ1) is 10.8. The van der Waals surface area contributed by atoms with Crippen LogP contribution in [0.25, 0.3) is 0 Å². The largest absolute Gasteiger partial charge is 0.468 e. The molecular formula is C18H24N2O2. The van der Waals surface area contributed by atoms with E-state index in [4.69, 9.17) is 9.15 Å². The van der Waals surface area contributed by atoms with Crippen LogP contribution in [-0.4, -0.2) is 37.7 Å². The van der Waals surface area contributed by atoms with E-state index in [9.17, 15) is 0 Å². The van der Waals surface area contributed by atoms with Gasteiger partial charge in [-0.3, -0.25) is 4.90 Å². The first-order valence-electron chi connectivity index (χ1n) is 7.98. The Morgan fingerprint density at radius 1 is 1.09 bits per heavy atom. The molecule has 0 amide bonds. The number of ether oxygens (including phenoxy) is 1. The van der Waals surface area contributed by atoms with Crippen molar-refractivity contribution in [2.24, 2.45) is 0 Å². The van der Waals surface area contributed by atoms with E-state index in [0.717, 1.165) is 38.6 Å². The molecule has 1 aromatic heterocycles. The summed E-state index contributed by atoms with van der Waals surface area (Å²) in [4.78, 5) is 2.50.